The SMILES string of the molecule is CCOC(=O)C#CC(=O)c1ccc(OC)c(OC(C)C)c1. The molecule has 1 aromatic rings. The first-order valence-corrected chi connectivity index (χ1v) is 6.55. The number of esters is 1. The molecule has 0 aromatic heterocycles. The van der Waals surface area contributed by atoms with E-state index in [1.807, 2.05) is 13.8 Å². The third kappa shape index (κ3) is 5.19. The molecule has 0 amide bonds. The number of hydrogen-bond donors (Lipinski definition) is 0. The van der Waals surface area contributed by atoms with Crippen molar-refractivity contribution in [3.05, 3.63) is 23.8 Å². The molecular formula is C16H18O5. The summed E-state index contributed by atoms with van der Waals surface area (Å²) in [4.78, 5) is 23.0. The van der Waals surface area contributed by atoms with E-state index in [1.165, 1.54) is 7.11 Å². The lowest BCUT2D eigenvalue weighted by Gasteiger charge is -2.13. The van der Waals surface area contributed by atoms with Crippen LogP contribution in [0.25, 0.3) is 0 Å². The van der Waals surface area contributed by atoms with E-state index < -0.39 is 11.8 Å². The Labute approximate surface area is 124 Å². The summed E-state index contributed by atoms with van der Waals surface area (Å²) in [7, 11) is 1.52. The molecule has 112 valence electrons. The monoisotopic (exact) mass is 290 g/mol. The highest BCUT2D eigenvalue weighted by atomic mass is 16.5. The fraction of sp³-hybridized carbons (Fsp3) is 0.375. The second-order valence-electron chi connectivity index (χ2n) is 4.33. The van der Waals surface area contributed by atoms with Crippen LogP contribution in [0.1, 0.15) is 31.1 Å². The minimum atomic E-state index is -0.724. The lowest BCUT2D eigenvalue weighted by atomic mass is 10.1. The van der Waals surface area contributed by atoms with E-state index in [1.54, 1.807) is 25.1 Å². The van der Waals surface area contributed by atoms with E-state index >= 15 is 0 Å². The van der Waals surface area contributed by atoms with Crippen molar-refractivity contribution in [1.29, 1.82) is 0 Å². The molecule has 1 aromatic carbocycles. The summed E-state index contributed by atoms with van der Waals surface area (Å²) >= 11 is 0. The van der Waals surface area contributed by atoms with Gasteiger partial charge in [0.05, 0.1) is 19.8 Å². The first kappa shape index (κ1) is 16.6. The minimum Gasteiger partial charge on any atom is -0.493 e. The molecule has 0 saturated heterocycles. The molecule has 0 aliphatic carbocycles. The Kier molecular flexibility index (Phi) is 6.28. The number of ether oxygens (including phenoxy) is 3. The van der Waals surface area contributed by atoms with Crippen molar-refractivity contribution >= 4 is 11.8 Å². The maximum absolute atomic E-state index is 11.9. The summed E-state index contributed by atoms with van der Waals surface area (Å²) in [6, 6.07) is 4.73. The molecule has 0 fully saturated rings. The molecule has 0 saturated carbocycles. The summed E-state index contributed by atoms with van der Waals surface area (Å²) < 4.78 is 15.4. The molecule has 0 aliphatic rings. The average molecular weight is 290 g/mol. The normalized spacial score (nSPS) is 9.57. The number of benzene rings is 1. The van der Waals surface area contributed by atoms with Gasteiger partial charge >= 0.3 is 5.97 Å². The van der Waals surface area contributed by atoms with Crippen LogP contribution in [0.3, 0.4) is 0 Å². The van der Waals surface area contributed by atoms with Gasteiger partial charge in [0.1, 0.15) is 0 Å². The summed E-state index contributed by atoms with van der Waals surface area (Å²) in [6.45, 7) is 5.63. The number of hydrogen-bond acceptors (Lipinski definition) is 5. The lowest BCUT2D eigenvalue weighted by molar-refractivity contribution is -0.136. The van der Waals surface area contributed by atoms with Crippen LogP contribution in [-0.2, 0) is 9.53 Å². The predicted octanol–water partition coefficient (Wildman–Crippen LogP) is 2.23. The molecule has 0 bridgehead atoms. The van der Waals surface area contributed by atoms with Gasteiger partial charge in [-0.15, -0.1) is 0 Å². The Morgan fingerprint density at radius 3 is 2.48 bits per heavy atom. The molecular weight excluding hydrogens is 272 g/mol. The van der Waals surface area contributed by atoms with Crippen LogP contribution in [0.15, 0.2) is 18.2 Å². The zero-order chi connectivity index (χ0) is 15.8. The topological polar surface area (TPSA) is 61.8 Å². The number of carbonyl (C=O) groups is 2. The van der Waals surface area contributed by atoms with Crippen molar-refractivity contribution in [1.82, 2.24) is 0 Å². The van der Waals surface area contributed by atoms with E-state index in [2.05, 4.69) is 16.6 Å². The summed E-state index contributed by atoms with van der Waals surface area (Å²) in [5.74, 6) is 4.15. The third-order valence-electron chi connectivity index (χ3n) is 2.34. The van der Waals surface area contributed by atoms with Crippen molar-refractivity contribution in [2.45, 2.75) is 26.9 Å². The van der Waals surface area contributed by atoms with Gasteiger partial charge in [-0.3, -0.25) is 4.79 Å². The Bertz CT molecular complexity index is 578. The molecule has 0 heterocycles. The molecule has 0 unspecified atom stereocenters. The van der Waals surface area contributed by atoms with Crippen LogP contribution in [0.5, 0.6) is 11.5 Å². The quantitative estimate of drug-likeness (QED) is 0.273. The average Bonchev–Trinajstić information content (AvgIpc) is 2.44. The first-order chi connectivity index (χ1) is 9.97. The van der Waals surface area contributed by atoms with Gasteiger partial charge in [0.15, 0.2) is 11.5 Å². The van der Waals surface area contributed by atoms with E-state index in [0.29, 0.717) is 17.1 Å². The molecule has 0 atom stereocenters. The second-order valence-corrected chi connectivity index (χ2v) is 4.33. The Morgan fingerprint density at radius 2 is 1.90 bits per heavy atom. The van der Waals surface area contributed by atoms with E-state index in [0.717, 1.165) is 0 Å². The van der Waals surface area contributed by atoms with Gasteiger partial charge in [-0.05, 0) is 44.9 Å². The predicted molar refractivity (Wildman–Crippen MR) is 77.5 cm³/mol. The summed E-state index contributed by atoms with van der Waals surface area (Å²) in [5, 5.41) is 0. The van der Waals surface area contributed by atoms with Gasteiger partial charge in [-0.2, -0.15) is 0 Å². The van der Waals surface area contributed by atoms with Crippen LogP contribution in [0, 0.1) is 11.8 Å². The maximum atomic E-state index is 11.9. The standard InChI is InChI=1S/C16H18O5/c1-5-20-16(18)9-7-13(17)12-6-8-14(19-4)15(10-12)21-11(2)3/h6,8,10-11H,5H2,1-4H3. The van der Waals surface area contributed by atoms with Gasteiger partial charge in [0.25, 0.3) is 0 Å². The van der Waals surface area contributed by atoms with Crippen molar-refractivity contribution in [3.8, 4) is 23.3 Å². The van der Waals surface area contributed by atoms with Gasteiger partial charge in [0, 0.05) is 11.5 Å². The number of ketones is 1. The molecule has 0 spiro atoms. The van der Waals surface area contributed by atoms with Crippen LogP contribution in [-0.4, -0.2) is 31.6 Å². The molecule has 0 radical (unpaired) electrons. The molecule has 5 heteroatoms. The van der Waals surface area contributed by atoms with Crippen molar-refractivity contribution < 1.29 is 23.8 Å². The fourth-order valence-electron chi connectivity index (χ4n) is 1.51. The fourth-order valence-corrected chi connectivity index (χ4v) is 1.51. The lowest BCUT2D eigenvalue weighted by Crippen LogP contribution is -2.08. The number of Topliss-reactive ketones (excluding diaryl/α,β-unsaturated/α-hetero) is 1. The summed E-state index contributed by atoms with van der Waals surface area (Å²) in [6.07, 6.45) is -0.0603. The van der Waals surface area contributed by atoms with Crippen LogP contribution in [0.2, 0.25) is 0 Å². The molecule has 21 heavy (non-hydrogen) atoms. The number of methoxy groups -OCH3 is 1. The Balaban J connectivity index is 2.97. The summed E-state index contributed by atoms with van der Waals surface area (Å²) in [5.41, 5.74) is 0.322. The number of carbonyl (C=O) groups excluding carboxylic acids is 2. The molecule has 5 nitrogen and oxygen atoms in total. The second kappa shape index (κ2) is 7.95. The van der Waals surface area contributed by atoms with Gasteiger partial charge in [-0.1, -0.05) is 0 Å². The third-order valence-corrected chi connectivity index (χ3v) is 2.34. The van der Waals surface area contributed by atoms with Crippen molar-refractivity contribution in [2.75, 3.05) is 13.7 Å². The van der Waals surface area contributed by atoms with E-state index in [9.17, 15) is 9.59 Å². The van der Waals surface area contributed by atoms with E-state index in [-0.39, 0.29) is 12.7 Å². The first-order valence-electron chi connectivity index (χ1n) is 6.55. The van der Waals surface area contributed by atoms with Gasteiger partial charge < -0.3 is 14.2 Å². The largest absolute Gasteiger partial charge is 0.493 e. The van der Waals surface area contributed by atoms with Crippen molar-refractivity contribution in [3.63, 3.8) is 0 Å². The van der Waals surface area contributed by atoms with Gasteiger partial charge in [-0.25, -0.2) is 4.79 Å². The van der Waals surface area contributed by atoms with Crippen LogP contribution < -0.4 is 9.47 Å². The Hall–Kier alpha value is -2.48. The Morgan fingerprint density at radius 1 is 1.19 bits per heavy atom. The van der Waals surface area contributed by atoms with Gasteiger partial charge in [0.2, 0.25) is 5.78 Å². The highest BCUT2D eigenvalue weighted by molar-refractivity contribution is 6.12. The van der Waals surface area contributed by atoms with Crippen LogP contribution in [0.4, 0.5) is 0 Å². The molecule has 0 N–H and O–H groups in total. The van der Waals surface area contributed by atoms with Crippen molar-refractivity contribution in [2.24, 2.45) is 0 Å². The smallest absolute Gasteiger partial charge is 0.384 e. The minimum absolute atomic E-state index is 0.0603. The highest BCUT2D eigenvalue weighted by Crippen LogP contribution is 2.29. The number of rotatable bonds is 5. The molecule has 1 rings (SSSR count). The molecule has 0 aliphatic heterocycles. The van der Waals surface area contributed by atoms with E-state index in [4.69, 9.17) is 9.47 Å². The zero-order valence-corrected chi connectivity index (χ0v) is 12.6. The zero-order valence-electron chi connectivity index (χ0n) is 12.6. The highest BCUT2D eigenvalue weighted by Gasteiger charge is 2.11. The van der Waals surface area contributed by atoms with Crippen LogP contribution >= 0.6 is 0 Å². The maximum Gasteiger partial charge on any atom is 0.384 e.